The fourth-order valence-electron chi connectivity index (χ4n) is 3.74. The van der Waals surface area contributed by atoms with Gasteiger partial charge in [-0.1, -0.05) is 66.4 Å². The van der Waals surface area contributed by atoms with E-state index in [4.69, 9.17) is 15.2 Å². The second kappa shape index (κ2) is 13.9. The highest BCUT2D eigenvalue weighted by atomic mass is 16.6. The van der Waals surface area contributed by atoms with Crippen molar-refractivity contribution in [2.24, 2.45) is 5.73 Å². The zero-order valence-corrected chi connectivity index (χ0v) is 22.6. The number of aryl methyl sites for hydroxylation is 1. The quantitative estimate of drug-likeness (QED) is 0.271. The lowest BCUT2D eigenvalue weighted by atomic mass is 10.00. The number of primary amides is 1. The highest BCUT2D eigenvalue weighted by Crippen LogP contribution is 2.19. The summed E-state index contributed by atoms with van der Waals surface area (Å²) >= 11 is 0. The minimum Gasteiger partial charge on any atom is -0.445 e. The van der Waals surface area contributed by atoms with Gasteiger partial charge in [0, 0.05) is 18.5 Å². The molecule has 3 aromatic rings. The van der Waals surface area contributed by atoms with Gasteiger partial charge in [0.2, 0.25) is 5.91 Å². The number of ether oxygens (including phenoxy) is 2. The second-order valence-corrected chi connectivity index (χ2v) is 10.1. The van der Waals surface area contributed by atoms with Crippen LogP contribution in [0.25, 0.3) is 10.8 Å². The third kappa shape index (κ3) is 10.4. The van der Waals surface area contributed by atoms with Crippen molar-refractivity contribution in [3.8, 4) is 11.8 Å². The molecule has 0 fully saturated rings. The number of alkyl carbamates (subject to hydrolysis) is 2. The van der Waals surface area contributed by atoms with Gasteiger partial charge in [0.15, 0.2) is 0 Å². The average Bonchev–Trinajstić information content (AvgIpc) is 2.89. The number of amides is 3. The first kappa shape index (κ1) is 29.1. The number of fused-ring (bicyclic) bond motifs is 1. The highest BCUT2D eigenvalue weighted by molar-refractivity contribution is 5.85. The Kier molecular flexibility index (Phi) is 10.3. The van der Waals surface area contributed by atoms with E-state index in [2.05, 4.69) is 22.5 Å². The molecule has 0 aliphatic carbocycles. The Morgan fingerprint density at radius 3 is 2.36 bits per heavy atom. The van der Waals surface area contributed by atoms with Crippen LogP contribution in [-0.4, -0.2) is 36.3 Å². The van der Waals surface area contributed by atoms with E-state index in [0.29, 0.717) is 25.8 Å². The first-order chi connectivity index (χ1) is 18.6. The van der Waals surface area contributed by atoms with Crippen LogP contribution >= 0.6 is 0 Å². The van der Waals surface area contributed by atoms with E-state index in [9.17, 15) is 14.4 Å². The fraction of sp³-hybridized carbons (Fsp3) is 0.323. The van der Waals surface area contributed by atoms with Gasteiger partial charge in [0.1, 0.15) is 18.2 Å². The van der Waals surface area contributed by atoms with Crippen LogP contribution in [0.2, 0.25) is 0 Å². The van der Waals surface area contributed by atoms with Crippen molar-refractivity contribution in [2.45, 2.75) is 58.3 Å². The Balaban J connectivity index is 1.47. The first-order valence-electron chi connectivity index (χ1n) is 12.8. The number of carbonyl (C=O) groups is 3. The Labute approximate surface area is 229 Å². The zero-order valence-electron chi connectivity index (χ0n) is 22.6. The molecule has 0 saturated heterocycles. The van der Waals surface area contributed by atoms with Crippen molar-refractivity contribution in [2.75, 3.05) is 6.54 Å². The number of nitrogens with one attached hydrogen (secondary N) is 2. The van der Waals surface area contributed by atoms with Crippen LogP contribution < -0.4 is 16.4 Å². The van der Waals surface area contributed by atoms with Gasteiger partial charge < -0.3 is 25.8 Å². The molecule has 8 nitrogen and oxygen atoms in total. The van der Waals surface area contributed by atoms with Crippen LogP contribution in [0.3, 0.4) is 0 Å². The lowest BCUT2D eigenvalue weighted by molar-refractivity contribution is -0.120. The smallest absolute Gasteiger partial charge is 0.408 e. The predicted molar refractivity (Wildman–Crippen MR) is 151 cm³/mol. The highest BCUT2D eigenvalue weighted by Gasteiger charge is 2.22. The summed E-state index contributed by atoms with van der Waals surface area (Å²) in [5, 5.41) is 7.33. The number of hydrogen-bond donors (Lipinski definition) is 3. The lowest BCUT2D eigenvalue weighted by Gasteiger charge is -2.22. The van der Waals surface area contributed by atoms with E-state index in [1.807, 2.05) is 66.7 Å². The maximum atomic E-state index is 12.0. The van der Waals surface area contributed by atoms with Crippen molar-refractivity contribution >= 4 is 28.9 Å². The molecule has 204 valence electrons. The molecule has 0 aliphatic rings. The van der Waals surface area contributed by atoms with Crippen LogP contribution in [0, 0.1) is 11.8 Å². The summed E-state index contributed by atoms with van der Waals surface area (Å²) in [6.45, 7) is 5.88. The normalized spacial score (nSPS) is 11.6. The Morgan fingerprint density at radius 1 is 0.923 bits per heavy atom. The zero-order chi connectivity index (χ0) is 28.3. The molecule has 0 aliphatic heterocycles. The van der Waals surface area contributed by atoms with Gasteiger partial charge in [-0.05, 0) is 67.6 Å². The lowest BCUT2D eigenvalue weighted by Crippen LogP contribution is -2.46. The van der Waals surface area contributed by atoms with E-state index in [1.165, 1.54) is 0 Å². The maximum absolute atomic E-state index is 12.0. The predicted octanol–water partition coefficient (Wildman–Crippen LogP) is 4.82. The van der Waals surface area contributed by atoms with Crippen molar-refractivity contribution in [1.82, 2.24) is 10.6 Å². The van der Waals surface area contributed by atoms with Crippen molar-refractivity contribution < 1.29 is 23.9 Å². The van der Waals surface area contributed by atoms with Gasteiger partial charge in [0.05, 0.1) is 0 Å². The number of nitrogens with two attached hydrogens (primary N) is 1. The molecule has 39 heavy (non-hydrogen) atoms. The van der Waals surface area contributed by atoms with Gasteiger partial charge in [-0.25, -0.2) is 9.59 Å². The maximum Gasteiger partial charge on any atom is 0.408 e. The van der Waals surface area contributed by atoms with Crippen LogP contribution in [0.15, 0.2) is 66.7 Å². The summed E-state index contributed by atoms with van der Waals surface area (Å²) < 4.78 is 10.4. The molecule has 0 aromatic heterocycles. The Bertz CT molecular complexity index is 1350. The molecule has 1 atom stereocenters. The van der Waals surface area contributed by atoms with E-state index in [-0.39, 0.29) is 6.61 Å². The average molecular weight is 530 g/mol. The molecule has 3 rings (SSSR count). The third-order valence-corrected chi connectivity index (χ3v) is 5.63. The Hall–Kier alpha value is -4.51. The summed E-state index contributed by atoms with van der Waals surface area (Å²) in [5.41, 5.74) is 7.64. The van der Waals surface area contributed by atoms with E-state index < -0.39 is 29.7 Å². The summed E-state index contributed by atoms with van der Waals surface area (Å²) in [6.07, 6.45) is 0.275. The van der Waals surface area contributed by atoms with Gasteiger partial charge in [0.25, 0.3) is 0 Å². The van der Waals surface area contributed by atoms with Crippen LogP contribution in [-0.2, 0) is 27.3 Å². The minimum absolute atomic E-state index is 0.228. The number of rotatable bonds is 9. The first-order valence-corrected chi connectivity index (χ1v) is 12.8. The molecule has 1 unspecified atom stereocenters. The molecule has 3 amide bonds. The number of carbonyl (C=O) groups excluding carboxylic acids is 3. The van der Waals surface area contributed by atoms with Crippen LogP contribution in [0.1, 0.15) is 50.3 Å². The molecule has 4 N–H and O–H groups in total. The Morgan fingerprint density at radius 2 is 1.64 bits per heavy atom. The SMILES string of the molecule is CC(C)(C)OC(=O)NC(CCc1ccc2cc(C#CCCNC(=O)OCc3ccccc3)ccc2c1)C(N)=O. The summed E-state index contributed by atoms with van der Waals surface area (Å²) in [4.78, 5) is 35.7. The minimum atomic E-state index is -0.826. The topological polar surface area (TPSA) is 120 Å². The molecule has 0 radical (unpaired) electrons. The van der Waals surface area contributed by atoms with Crippen molar-refractivity contribution in [1.29, 1.82) is 0 Å². The molecule has 8 heteroatoms. The molecule has 0 heterocycles. The van der Waals surface area contributed by atoms with E-state index in [1.54, 1.807) is 20.8 Å². The molecule has 3 aromatic carbocycles. The van der Waals surface area contributed by atoms with E-state index in [0.717, 1.165) is 27.5 Å². The largest absolute Gasteiger partial charge is 0.445 e. The molecular weight excluding hydrogens is 494 g/mol. The molecule has 0 bridgehead atoms. The third-order valence-electron chi connectivity index (χ3n) is 5.63. The number of benzene rings is 3. The van der Waals surface area contributed by atoms with E-state index >= 15 is 0 Å². The summed E-state index contributed by atoms with van der Waals surface area (Å²) in [7, 11) is 0. The van der Waals surface area contributed by atoms with Gasteiger partial charge in [-0.3, -0.25) is 4.79 Å². The molecule has 0 spiro atoms. The molecular formula is C31H35N3O5. The van der Waals surface area contributed by atoms with Gasteiger partial charge >= 0.3 is 12.2 Å². The fourth-order valence-corrected chi connectivity index (χ4v) is 3.74. The van der Waals surface area contributed by atoms with Crippen LogP contribution in [0.4, 0.5) is 9.59 Å². The second-order valence-electron chi connectivity index (χ2n) is 10.1. The number of hydrogen-bond acceptors (Lipinski definition) is 5. The monoisotopic (exact) mass is 529 g/mol. The van der Waals surface area contributed by atoms with Gasteiger partial charge in [-0.2, -0.15) is 0 Å². The van der Waals surface area contributed by atoms with Gasteiger partial charge in [-0.15, -0.1) is 0 Å². The standard InChI is InChI=1S/C31H35N3O5/c1-31(2,3)39-30(37)34-27(28(32)35)17-14-23-13-16-25-19-22(12-15-26(25)20-23)9-7-8-18-33-29(36)38-21-24-10-5-4-6-11-24/h4-6,10-13,15-16,19-20,27H,8,14,17-18,21H2,1-3H3,(H2,32,35)(H,33,36)(H,34,37). The van der Waals surface area contributed by atoms with Crippen LogP contribution in [0.5, 0.6) is 0 Å². The molecule has 0 saturated carbocycles. The summed E-state index contributed by atoms with van der Waals surface area (Å²) in [6, 6.07) is 20.6. The van der Waals surface area contributed by atoms with Crippen molar-refractivity contribution in [3.63, 3.8) is 0 Å². The summed E-state index contributed by atoms with van der Waals surface area (Å²) in [5.74, 6) is 5.59. The van der Waals surface area contributed by atoms with Crippen molar-refractivity contribution in [3.05, 3.63) is 83.4 Å².